The molecule has 0 aliphatic rings. The number of nitro benzene ring substituents is 1. The van der Waals surface area contributed by atoms with Crippen LogP contribution in [0.5, 0.6) is 0 Å². The van der Waals surface area contributed by atoms with E-state index in [1.54, 1.807) is 0 Å². The fraction of sp³-hybridized carbons (Fsp3) is 0.111. The lowest BCUT2D eigenvalue weighted by Gasteiger charge is -2.05. The Labute approximate surface area is 95.0 Å². The number of hydrogen-bond acceptors (Lipinski definition) is 5. The summed E-state index contributed by atoms with van der Waals surface area (Å²) in [4.78, 5) is 31.4. The number of carbonyl (C=O) groups excluding carboxylic acids is 1. The van der Waals surface area contributed by atoms with Crippen molar-refractivity contribution in [1.82, 2.24) is 0 Å². The predicted molar refractivity (Wildman–Crippen MR) is 56.1 cm³/mol. The Bertz CT molecular complexity index is 484. The fourth-order valence-electron chi connectivity index (χ4n) is 1.08. The quantitative estimate of drug-likeness (QED) is 0.609. The second-order valence-electron chi connectivity index (χ2n) is 2.91. The first-order valence-corrected chi connectivity index (χ1v) is 4.32. The van der Waals surface area contributed by atoms with Crippen LogP contribution in [0.4, 0.5) is 16.2 Å². The molecule has 0 saturated carbocycles. The van der Waals surface area contributed by atoms with Gasteiger partial charge in [0, 0.05) is 6.07 Å². The van der Waals surface area contributed by atoms with Crippen molar-refractivity contribution >= 4 is 23.4 Å². The van der Waals surface area contributed by atoms with Crippen LogP contribution >= 0.6 is 0 Å². The van der Waals surface area contributed by atoms with E-state index in [4.69, 9.17) is 5.11 Å². The second kappa shape index (κ2) is 4.92. The highest BCUT2D eigenvalue weighted by molar-refractivity contribution is 5.92. The van der Waals surface area contributed by atoms with Gasteiger partial charge in [-0.3, -0.25) is 15.4 Å². The van der Waals surface area contributed by atoms with E-state index >= 15 is 0 Å². The van der Waals surface area contributed by atoms with Crippen LogP contribution in [-0.4, -0.2) is 29.2 Å². The van der Waals surface area contributed by atoms with Crippen molar-refractivity contribution in [2.45, 2.75) is 0 Å². The molecule has 1 aromatic rings. The third-order valence-electron chi connectivity index (χ3n) is 1.86. The molecule has 8 nitrogen and oxygen atoms in total. The molecule has 0 saturated heterocycles. The molecule has 1 aromatic carbocycles. The molecule has 0 atom stereocenters. The van der Waals surface area contributed by atoms with Crippen molar-refractivity contribution in [3.8, 4) is 0 Å². The molecule has 0 aliphatic heterocycles. The number of hydrogen-bond donors (Lipinski definition) is 2. The molecule has 0 radical (unpaired) electrons. The molecule has 1 amide bonds. The van der Waals surface area contributed by atoms with Crippen molar-refractivity contribution in [1.29, 1.82) is 0 Å². The number of nitrogens with zero attached hydrogens (tertiary/aromatic N) is 1. The first-order valence-electron chi connectivity index (χ1n) is 4.32. The lowest BCUT2D eigenvalue weighted by molar-refractivity contribution is -0.384. The number of benzene rings is 1. The molecule has 1 rings (SSSR count). The minimum Gasteiger partial charge on any atom is -0.478 e. The summed E-state index contributed by atoms with van der Waals surface area (Å²) in [7, 11) is 1.10. The van der Waals surface area contributed by atoms with E-state index in [9.17, 15) is 19.7 Å². The number of nitro groups is 1. The van der Waals surface area contributed by atoms with E-state index in [1.165, 1.54) is 0 Å². The first-order chi connectivity index (χ1) is 7.95. The molecule has 17 heavy (non-hydrogen) atoms. The van der Waals surface area contributed by atoms with Crippen LogP contribution in [0.25, 0.3) is 0 Å². The number of rotatable bonds is 3. The van der Waals surface area contributed by atoms with Crippen LogP contribution in [-0.2, 0) is 4.74 Å². The maximum atomic E-state index is 10.9. The van der Waals surface area contributed by atoms with Crippen LogP contribution < -0.4 is 5.32 Å². The molecule has 90 valence electrons. The minimum absolute atomic E-state index is 0.133. The van der Waals surface area contributed by atoms with Gasteiger partial charge in [-0.2, -0.15) is 0 Å². The third-order valence-corrected chi connectivity index (χ3v) is 1.86. The monoisotopic (exact) mass is 240 g/mol. The number of anilines is 1. The third kappa shape index (κ3) is 2.91. The fourth-order valence-corrected chi connectivity index (χ4v) is 1.08. The van der Waals surface area contributed by atoms with Gasteiger partial charge in [0.1, 0.15) is 5.69 Å². The second-order valence-corrected chi connectivity index (χ2v) is 2.91. The average Bonchev–Trinajstić information content (AvgIpc) is 2.28. The van der Waals surface area contributed by atoms with Crippen molar-refractivity contribution in [2.24, 2.45) is 0 Å². The smallest absolute Gasteiger partial charge is 0.411 e. The summed E-state index contributed by atoms with van der Waals surface area (Å²) in [6, 6.07) is 3.12. The van der Waals surface area contributed by atoms with Gasteiger partial charge >= 0.3 is 12.1 Å². The van der Waals surface area contributed by atoms with E-state index < -0.39 is 22.7 Å². The predicted octanol–water partition coefficient (Wildman–Crippen LogP) is 1.47. The van der Waals surface area contributed by atoms with Gasteiger partial charge in [0.05, 0.1) is 17.6 Å². The van der Waals surface area contributed by atoms with Gasteiger partial charge in [0.25, 0.3) is 5.69 Å². The zero-order valence-electron chi connectivity index (χ0n) is 8.67. The van der Waals surface area contributed by atoms with Crippen molar-refractivity contribution in [2.75, 3.05) is 12.4 Å². The number of nitrogens with one attached hydrogen (secondary N) is 1. The standard InChI is InChI=1S/C9H8N2O6/c1-17-9(14)10-6-3-2-5(8(12)13)4-7(6)11(15)16/h2-4H,1H3,(H,10,14)(H,12,13). The molecule has 8 heteroatoms. The van der Waals surface area contributed by atoms with E-state index in [0.717, 1.165) is 25.3 Å². The number of ether oxygens (including phenoxy) is 1. The molecule has 2 N–H and O–H groups in total. The number of methoxy groups -OCH3 is 1. The average molecular weight is 240 g/mol. The number of amides is 1. The van der Waals surface area contributed by atoms with Crippen LogP contribution in [0.3, 0.4) is 0 Å². The molecule has 0 fully saturated rings. The Kier molecular flexibility index (Phi) is 3.60. The maximum Gasteiger partial charge on any atom is 0.411 e. The Morgan fingerprint density at radius 1 is 1.47 bits per heavy atom. The Morgan fingerprint density at radius 2 is 2.12 bits per heavy atom. The van der Waals surface area contributed by atoms with Crippen molar-refractivity contribution < 1.29 is 24.4 Å². The van der Waals surface area contributed by atoms with E-state index in [1.807, 2.05) is 0 Å². The van der Waals surface area contributed by atoms with Crippen molar-refractivity contribution in [3.05, 3.63) is 33.9 Å². The zero-order valence-corrected chi connectivity index (χ0v) is 8.67. The van der Waals surface area contributed by atoms with Gasteiger partial charge in [0.2, 0.25) is 0 Å². The highest BCUT2D eigenvalue weighted by Gasteiger charge is 2.18. The normalized spacial score (nSPS) is 9.47. The van der Waals surface area contributed by atoms with Gasteiger partial charge in [-0.15, -0.1) is 0 Å². The van der Waals surface area contributed by atoms with Gasteiger partial charge in [-0.25, -0.2) is 9.59 Å². The summed E-state index contributed by atoms with van der Waals surface area (Å²) < 4.78 is 4.28. The molecule has 0 unspecified atom stereocenters. The highest BCUT2D eigenvalue weighted by Crippen LogP contribution is 2.25. The van der Waals surface area contributed by atoms with Gasteiger partial charge in [0.15, 0.2) is 0 Å². The molecule has 0 spiro atoms. The Morgan fingerprint density at radius 3 is 2.59 bits per heavy atom. The maximum absolute atomic E-state index is 10.9. The summed E-state index contributed by atoms with van der Waals surface area (Å²) in [5, 5.41) is 21.5. The van der Waals surface area contributed by atoms with Crippen LogP contribution in [0.15, 0.2) is 18.2 Å². The number of carboxylic acids is 1. The van der Waals surface area contributed by atoms with Gasteiger partial charge in [-0.1, -0.05) is 0 Å². The van der Waals surface area contributed by atoms with Gasteiger partial charge in [-0.05, 0) is 12.1 Å². The molecular formula is C9H8N2O6. The van der Waals surface area contributed by atoms with Crippen LogP contribution in [0, 0.1) is 10.1 Å². The highest BCUT2D eigenvalue weighted by atomic mass is 16.6. The zero-order chi connectivity index (χ0) is 13.0. The lowest BCUT2D eigenvalue weighted by atomic mass is 10.2. The summed E-state index contributed by atoms with van der Waals surface area (Å²) in [6.45, 7) is 0. The summed E-state index contributed by atoms with van der Waals surface area (Å²) in [6.07, 6.45) is -0.879. The number of aromatic carboxylic acids is 1. The van der Waals surface area contributed by atoms with Crippen LogP contribution in [0.1, 0.15) is 10.4 Å². The minimum atomic E-state index is -1.29. The molecule has 0 bridgehead atoms. The number of carboxylic acid groups (broad SMARTS) is 1. The Balaban J connectivity index is 3.17. The molecule has 0 aromatic heterocycles. The van der Waals surface area contributed by atoms with Crippen molar-refractivity contribution in [3.63, 3.8) is 0 Å². The molecule has 0 heterocycles. The summed E-state index contributed by atoms with van der Waals surface area (Å²) >= 11 is 0. The van der Waals surface area contributed by atoms with E-state index in [-0.39, 0.29) is 11.3 Å². The molecular weight excluding hydrogens is 232 g/mol. The van der Waals surface area contributed by atoms with Gasteiger partial charge < -0.3 is 9.84 Å². The van der Waals surface area contributed by atoms with E-state index in [2.05, 4.69) is 10.1 Å². The van der Waals surface area contributed by atoms with Crippen LogP contribution in [0.2, 0.25) is 0 Å². The van der Waals surface area contributed by atoms with E-state index in [0.29, 0.717) is 0 Å². The summed E-state index contributed by atoms with van der Waals surface area (Å²) in [5.41, 5.74) is -0.894. The topological polar surface area (TPSA) is 119 Å². The SMILES string of the molecule is COC(=O)Nc1ccc(C(=O)O)cc1[N+](=O)[O-]. The first kappa shape index (κ1) is 12.4. The largest absolute Gasteiger partial charge is 0.478 e. The Hall–Kier alpha value is -2.64. The lowest BCUT2D eigenvalue weighted by Crippen LogP contribution is -2.12. The summed E-state index contributed by atoms with van der Waals surface area (Å²) in [5.74, 6) is -1.29. The molecule has 0 aliphatic carbocycles. The number of carbonyl (C=O) groups is 2.